The first-order chi connectivity index (χ1) is 4.74. The Balaban J connectivity index is 2.66. The van der Waals surface area contributed by atoms with Crippen LogP contribution in [0.1, 0.15) is 6.42 Å². The van der Waals surface area contributed by atoms with Crippen molar-refractivity contribution in [3.63, 3.8) is 0 Å². The molecule has 1 aliphatic rings. The van der Waals surface area contributed by atoms with Crippen molar-refractivity contribution in [2.24, 2.45) is 17.4 Å². The van der Waals surface area contributed by atoms with Crippen molar-refractivity contribution in [1.29, 1.82) is 0 Å². The SMILES string of the molecule is NCC1C=C(N)C(O)=CC1. The van der Waals surface area contributed by atoms with Crippen LogP contribution < -0.4 is 11.5 Å². The van der Waals surface area contributed by atoms with Gasteiger partial charge in [0.25, 0.3) is 0 Å². The molecule has 5 N–H and O–H groups in total. The van der Waals surface area contributed by atoms with E-state index >= 15 is 0 Å². The van der Waals surface area contributed by atoms with Crippen molar-refractivity contribution in [2.75, 3.05) is 6.54 Å². The third kappa shape index (κ3) is 1.30. The highest BCUT2D eigenvalue weighted by molar-refractivity contribution is 5.26. The van der Waals surface area contributed by atoms with E-state index in [1.54, 1.807) is 12.2 Å². The van der Waals surface area contributed by atoms with E-state index in [1.165, 1.54) is 0 Å². The normalized spacial score (nSPS) is 25.5. The molecule has 0 aliphatic heterocycles. The number of aliphatic hydroxyl groups excluding tert-OH is 1. The van der Waals surface area contributed by atoms with E-state index in [9.17, 15) is 0 Å². The maximum Gasteiger partial charge on any atom is 0.134 e. The van der Waals surface area contributed by atoms with Gasteiger partial charge in [0.05, 0.1) is 5.70 Å². The van der Waals surface area contributed by atoms with Crippen molar-refractivity contribution in [2.45, 2.75) is 6.42 Å². The summed E-state index contributed by atoms with van der Waals surface area (Å²) in [6.45, 7) is 0.588. The van der Waals surface area contributed by atoms with Crippen LogP contribution in [0.4, 0.5) is 0 Å². The molecule has 0 aromatic rings. The smallest absolute Gasteiger partial charge is 0.134 e. The Morgan fingerprint density at radius 1 is 1.70 bits per heavy atom. The molecule has 0 aromatic carbocycles. The summed E-state index contributed by atoms with van der Waals surface area (Å²) in [4.78, 5) is 0. The summed E-state index contributed by atoms with van der Waals surface area (Å²) in [5, 5.41) is 9.02. The van der Waals surface area contributed by atoms with Crippen LogP contribution in [-0.2, 0) is 0 Å². The van der Waals surface area contributed by atoms with E-state index in [2.05, 4.69) is 0 Å². The van der Waals surface area contributed by atoms with E-state index < -0.39 is 0 Å². The highest BCUT2D eigenvalue weighted by Crippen LogP contribution is 2.16. The molecule has 3 heteroatoms. The third-order valence-electron chi connectivity index (χ3n) is 1.63. The van der Waals surface area contributed by atoms with Gasteiger partial charge in [-0.15, -0.1) is 0 Å². The van der Waals surface area contributed by atoms with Gasteiger partial charge in [-0.3, -0.25) is 0 Å². The van der Waals surface area contributed by atoms with Crippen molar-refractivity contribution in [3.8, 4) is 0 Å². The average Bonchev–Trinajstić information content (AvgIpc) is 1.95. The molecule has 1 atom stereocenters. The van der Waals surface area contributed by atoms with Crippen LogP contribution in [0.2, 0.25) is 0 Å². The lowest BCUT2D eigenvalue weighted by Gasteiger charge is -2.13. The van der Waals surface area contributed by atoms with Gasteiger partial charge in [0.2, 0.25) is 0 Å². The lowest BCUT2D eigenvalue weighted by Crippen LogP contribution is -2.17. The Morgan fingerprint density at radius 3 is 2.90 bits per heavy atom. The van der Waals surface area contributed by atoms with Crippen molar-refractivity contribution < 1.29 is 5.11 Å². The molecule has 0 heterocycles. The second-order valence-electron chi connectivity index (χ2n) is 2.44. The van der Waals surface area contributed by atoms with Crippen LogP contribution in [-0.4, -0.2) is 11.7 Å². The molecule has 1 unspecified atom stereocenters. The molecule has 0 saturated heterocycles. The molecule has 0 spiro atoms. The first-order valence-corrected chi connectivity index (χ1v) is 3.31. The van der Waals surface area contributed by atoms with Crippen molar-refractivity contribution in [1.82, 2.24) is 0 Å². The van der Waals surface area contributed by atoms with Gasteiger partial charge in [-0.05, 0) is 25.0 Å². The summed E-state index contributed by atoms with van der Waals surface area (Å²) in [6.07, 6.45) is 4.30. The lowest BCUT2D eigenvalue weighted by atomic mass is 9.99. The maximum atomic E-state index is 9.02. The van der Waals surface area contributed by atoms with Crippen LogP contribution in [0.3, 0.4) is 0 Å². The maximum absolute atomic E-state index is 9.02. The van der Waals surface area contributed by atoms with Gasteiger partial charge in [-0.2, -0.15) is 0 Å². The van der Waals surface area contributed by atoms with Gasteiger partial charge in [0, 0.05) is 0 Å². The Labute approximate surface area is 60.0 Å². The molecular weight excluding hydrogens is 128 g/mol. The number of rotatable bonds is 1. The summed E-state index contributed by atoms with van der Waals surface area (Å²) in [6, 6.07) is 0. The Hall–Kier alpha value is -0.960. The second-order valence-corrected chi connectivity index (χ2v) is 2.44. The van der Waals surface area contributed by atoms with Gasteiger partial charge in [-0.25, -0.2) is 0 Å². The molecule has 3 nitrogen and oxygen atoms in total. The predicted molar refractivity (Wildman–Crippen MR) is 40.1 cm³/mol. The fraction of sp³-hybridized carbons (Fsp3) is 0.429. The van der Waals surface area contributed by atoms with Gasteiger partial charge >= 0.3 is 0 Å². The average molecular weight is 140 g/mol. The van der Waals surface area contributed by atoms with E-state index in [1.807, 2.05) is 0 Å². The van der Waals surface area contributed by atoms with E-state index in [0.717, 1.165) is 6.42 Å². The topological polar surface area (TPSA) is 72.3 Å². The van der Waals surface area contributed by atoms with Crippen LogP contribution in [0.25, 0.3) is 0 Å². The largest absolute Gasteiger partial charge is 0.506 e. The van der Waals surface area contributed by atoms with E-state index in [0.29, 0.717) is 18.2 Å². The minimum Gasteiger partial charge on any atom is -0.506 e. The minimum absolute atomic E-state index is 0.185. The molecule has 0 fully saturated rings. The highest BCUT2D eigenvalue weighted by Gasteiger charge is 2.10. The van der Waals surface area contributed by atoms with Crippen molar-refractivity contribution in [3.05, 3.63) is 23.6 Å². The van der Waals surface area contributed by atoms with Gasteiger partial charge in [0.1, 0.15) is 5.76 Å². The van der Waals surface area contributed by atoms with Gasteiger partial charge in [0.15, 0.2) is 0 Å². The van der Waals surface area contributed by atoms with Gasteiger partial charge < -0.3 is 16.6 Å². The summed E-state index contributed by atoms with van der Waals surface area (Å²) in [5.74, 6) is 0.487. The first-order valence-electron chi connectivity index (χ1n) is 3.31. The zero-order valence-corrected chi connectivity index (χ0v) is 5.75. The van der Waals surface area contributed by atoms with Crippen LogP contribution >= 0.6 is 0 Å². The molecule has 0 aromatic heterocycles. The fourth-order valence-corrected chi connectivity index (χ4v) is 0.952. The Morgan fingerprint density at radius 2 is 2.40 bits per heavy atom. The molecule has 1 rings (SSSR count). The summed E-state index contributed by atoms with van der Waals surface area (Å²) >= 11 is 0. The highest BCUT2D eigenvalue weighted by atomic mass is 16.3. The summed E-state index contributed by atoms with van der Waals surface area (Å²) in [7, 11) is 0. The lowest BCUT2D eigenvalue weighted by molar-refractivity contribution is 0.409. The molecule has 0 saturated carbocycles. The van der Waals surface area contributed by atoms with Crippen molar-refractivity contribution >= 4 is 0 Å². The quantitative estimate of drug-likeness (QED) is 0.489. The molecule has 0 radical (unpaired) electrons. The van der Waals surface area contributed by atoms with E-state index in [-0.39, 0.29) is 5.76 Å². The van der Waals surface area contributed by atoms with Crippen LogP contribution in [0, 0.1) is 5.92 Å². The second kappa shape index (κ2) is 2.75. The third-order valence-corrected chi connectivity index (χ3v) is 1.63. The first kappa shape index (κ1) is 7.15. The Bertz CT molecular complexity index is 184. The number of hydrogen-bond acceptors (Lipinski definition) is 3. The zero-order chi connectivity index (χ0) is 7.56. The number of hydrogen-bond donors (Lipinski definition) is 3. The van der Waals surface area contributed by atoms with Crippen LogP contribution in [0.15, 0.2) is 23.6 Å². The molecule has 56 valence electrons. The summed E-state index contributed by atoms with van der Waals surface area (Å²) in [5.41, 5.74) is 11.3. The monoisotopic (exact) mass is 140 g/mol. The van der Waals surface area contributed by atoms with Gasteiger partial charge in [-0.1, -0.05) is 6.08 Å². The predicted octanol–water partition coefficient (Wildman–Crippen LogP) is 0.250. The fourth-order valence-electron chi connectivity index (χ4n) is 0.952. The number of nitrogens with two attached hydrogens (primary N) is 2. The molecule has 1 aliphatic carbocycles. The zero-order valence-electron chi connectivity index (χ0n) is 5.75. The Kier molecular flexibility index (Phi) is 1.97. The standard InChI is InChI=1S/C7H12N2O/c8-4-5-1-2-7(10)6(9)3-5/h2-3,5,10H,1,4,8-9H2. The molecule has 10 heavy (non-hydrogen) atoms. The summed E-state index contributed by atoms with van der Waals surface area (Å²) < 4.78 is 0. The number of allylic oxidation sites excluding steroid dienone is 1. The number of aliphatic hydroxyl groups is 1. The molecule has 0 amide bonds. The molecular formula is C7H12N2O. The molecule has 0 bridgehead atoms. The minimum atomic E-state index is 0.185. The van der Waals surface area contributed by atoms with E-state index in [4.69, 9.17) is 16.6 Å². The van der Waals surface area contributed by atoms with Crippen LogP contribution in [0.5, 0.6) is 0 Å².